The molecule has 0 atom stereocenters. The van der Waals surface area contributed by atoms with Crippen LogP contribution >= 0.6 is 11.6 Å². The third kappa shape index (κ3) is 4.16. The van der Waals surface area contributed by atoms with Gasteiger partial charge in [-0.25, -0.2) is 8.78 Å². The highest BCUT2D eigenvalue weighted by Crippen LogP contribution is 2.20. The number of hydrogen-bond donors (Lipinski definition) is 2. The van der Waals surface area contributed by atoms with E-state index in [0.29, 0.717) is 5.56 Å². The molecule has 1 amide bonds. The fraction of sp³-hybridized carbons (Fsp3) is 0.133. The molecule has 0 aliphatic heterocycles. The van der Waals surface area contributed by atoms with Gasteiger partial charge < -0.3 is 10.4 Å². The van der Waals surface area contributed by atoms with E-state index in [4.69, 9.17) is 11.6 Å². The van der Waals surface area contributed by atoms with Crippen molar-refractivity contribution in [2.45, 2.75) is 6.42 Å². The minimum atomic E-state index is -0.660. The molecule has 0 bridgehead atoms. The second-order valence-electron chi connectivity index (χ2n) is 4.45. The molecule has 2 rings (SSSR count). The van der Waals surface area contributed by atoms with Crippen molar-refractivity contribution >= 4 is 17.5 Å². The van der Waals surface area contributed by atoms with E-state index < -0.39 is 17.5 Å². The first kappa shape index (κ1) is 15.3. The average molecular weight is 312 g/mol. The van der Waals surface area contributed by atoms with Gasteiger partial charge in [-0.2, -0.15) is 0 Å². The van der Waals surface area contributed by atoms with Crippen LogP contribution in [0.1, 0.15) is 15.9 Å². The van der Waals surface area contributed by atoms with Gasteiger partial charge in [0.1, 0.15) is 17.4 Å². The molecule has 0 unspecified atom stereocenters. The van der Waals surface area contributed by atoms with Crippen molar-refractivity contribution in [2.24, 2.45) is 0 Å². The first-order valence-corrected chi connectivity index (χ1v) is 6.55. The largest absolute Gasteiger partial charge is 0.508 e. The topological polar surface area (TPSA) is 49.3 Å². The van der Waals surface area contributed by atoms with Crippen LogP contribution < -0.4 is 5.32 Å². The summed E-state index contributed by atoms with van der Waals surface area (Å²) in [5.41, 5.74) is 0.580. The third-order valence-corrected chi connectivity index (χ3v) is 3.15. The summed E-state index contributed by atoms with van der Waals surface area (Å²) >= 11 is 5.86. The first-order chi connectivity index (χ1) is 9.95. The van der Waals surface area contributed by atoms with Crippen LogP contribution in [0.2, 0.25) is 5.02 Å². The van der Waals surface area contributed by atoms with E-state index in [9.17, 15) is 18.7 Å². The third-order valence-electron chi connectivity index (χ3n) is 2.82. The lowest BCUT2D eigenvalue weighted by molar-refractivity contribution is 0.0954. The Hall–Kier alpha value is -2.14. The second-order valence-corrected chi connectivity index (χ2v) is 4.85. The Morgan fingerprint density at radius 2 is 1.81 bits per heavy atom. The summed E-state index contributed by atoms with van der Waals surface area (Å²) in [4.78, 5) is 11.9. The predicted octanol–water partition coefficient (Wildman–Crippen LogP) is 3.30. The molecule has 0 saturated carbocycles. The van der Waals surface area contributed by atoms with Crippen molar-refractivity contribution in [3.05, 3.63) is 64.2 Å². The van der Waals surface area contributed by atoms with Crippen molar-refractivity contribution in [3.63, 3.8) is 0 Å². The molecule has 21 heavy (non-hydrogen) atoms. The zero-order valence-corrected chi connectivity index (χ0v) is 11.6. The zero-order valence-electron chi connectivity index (χ0n) is 10.9. The molecule has 0 fully saturated rings. The van der Waals surface area contributed by atoms with Gasteiger partial charge in [0, 0.05) is 12.6 Å². The maximum absolute atomic E-state index is 13.0. The highest BCUT2D eigenvalue weighted by molar-refractivity contribution is 6.33. The van der Waals surface area contributed by atoms with Crippen LogP contribution in [0, 0.1) is 11.6 Å². The number of carbonyl (C=O) groups is 1. The standard InChI is InChI=1S/C15H12ClF2NO2/c16-14-2-1-12(20)8-13(14)15(21)19-4-3-9-5-10(17)7-11(18)6-9/h1-2,5-8,20H,3-4H2,(H,19,21). The number of carbonyl (C=O) groups excluding carboxylic acids is 1. The Balaban J connectivity index is 1.96. The minimum absolute atomic E-state index is 0.0725. The van der Waals surface area contributed by atoms with E-state index >= 15 is 0 Å². The zero-order chi connectivity index (χ0) is 15.4. The van der Waals surface area contributed by atoms with E-state index in [0.717, 1.165) is 6.07 Å². The molecule has 3 nitrogen and oxygen atoms in total. The van der Waals surface area contributed by atoms with Crippen molar-refractivity contribution in [1.82, 2.24) is 5.32 Å². The number of halogens is 3. The van der Waals surface area contributed by atoms with Gasteiger partial charge in [-0.15, -0.1) is 0 Å². The molecular weight excluding hydrogens is 300 g/mol. The van der Waals surface area contributed by atoms with Crippen molar-refractivity contribution in [2.75, 3.05) is 6.54 Å². The molecule has 2 N–H and O–H groups in total. The summed E-state index contributed by atoms with van der Waals surface area (Å²) in [6.07, 6.45) is 0.275. The summed E-state index contributed by atoms with van der Waals surface area (Å²) in [6.45, 7) is 0.188. The Morgan fingerprint density at radius 1 is 1.14 bits per heavy atom. The van der Waals surface area contributed by atoms with Gasteiger partial charge in [-0.1, -0.05) is 11.6 Å². The van der Waals surface area contributed by atoms with Gasteiger partial charge in [0.25, 0.3) is 5.91 Å². The lowest BCUT2D eigenvalue weighted by Gasteiger charge is -2.07. The van der Waals surface area contributed by atoms with E-state index in [1.54, 1.807) is 0 Å². The minimum Gasteiger partial charge on any atom is -0.508 e. The van der Waals surface area contributed by atoms with Gasteiger partial charge in [-0.05, 0) is 42.3 Å². The Bertz CT molecular complexity index is 656. The van der Waals surface area contributed by atoms with Crippen molar-refractivity contribution in [1.29, 1.82) is 0 Å². The molecular formula is C15H12ClF2NO2. The fourth-order valence-corrected chi connectivity index (χ4v) is 2.06. The summed E-state index contributed by atoms with van der Waals surface area (Å²) in [6, 6.07) is 7.23. The van der Waals surface area contributed by atoms with Crippen LogP contribution in [-0.4, -0.2) is 17.6 Å². The quantitative estimate of drug-likeness (QED) is 0.910. The SMILES string of the molecule is O=C(NCCc1cc(F)cc(F)c1)c1cc(O)ccc1Cl. The van der Waals surface area contributed by atoms with Crippen LogP contribution in [0.15, 0.2) is 36.4 Å². The second kappa shape index (κ2) is 6.54. The number of rotatable bonds is 4. The van der Waals surface area contributed by atoms with Crippen LogP contribution in [0.5, 0.6) is 5.75 Å². The van der Waals surface area contributed by atoms with Gasteiger partial charge in [-0.3, -0.25) is 4.79 Å². The summed E-state index contributed by atoms with van der Waals surface area (Å²) < 4.78 is 26.0. The lowest BCUT2D eigenvalue weighted by atomic mass is 10.1. The molecule has 0 aromatic heterocycles. The van der Waals surface area contributed by atoms with Crippen molar-refractivity contribution in [3.8, 4) is 5.75 Å². The summed E-state index contributed by atoms with van der Waals surface area (Å²) in [7, 11) is 0. The van der Waals surface area contributed by atoms with Crippen LogP contribution in [0.3, 0.4) is 0 Å². The number of phenols is 1. The maximum atomic E-state index is 13.0. The van der Waals surface area contributed by atoms with E-state index in [2.05, 4.69) is 5.32 Å². The Labute approximate surface area is 125 Å². The molecule has 0 heterocycles. The highest BCUT2D eigenvalue weighted by Gasteiger charge is 2.11. The molecule has 110 valence electrons. The van der Waals surface area contributed by atoms with E-state index in [1.807, 2.05) is 0 Å². The smallest absolute Gasteiger partial charge is 0.252 e. The predicted molar refractivity (Wildman–Crippen MR) is 75.5 cm³/mol. The number of benzene rings is 2. The number of hydrogen-bond acceptors (Lipinski definition) is 2. The van der Waals surface area contributed by atoms with Gasteiger partial charge in [0.15, 0.2) is 0 Å². The monoisotopic (exact) mass is 311 g/mol. The summed E-state index contributed by atoms with van der Waals surface area (Å²) in [5, 5.41) is 12.1. The molecule has 2 aromatic carbocycles. The van der Waals surface area contributed by atoms with E-state index in [-0.39, 0.29) is 29.3 Å². The number of phenolic OH excluding ortho intramolecular Hbond substituents is 1. The lowest BCUT2D eigenvalue weighted by Crippen LogP contribution is -2.26. The normalized spacial score (nSPS) is 10.4. The number of nitrogens with one attached hydrogen (secondary N) is 1. The Kier molecular flexibility index (Phi) is 4.75. The summed E-state index contributed by atoms with van der Waals surface area (Å²) in [5.74, 6) is -1.86. The van der Waals surface area contributed by atoms with Crippen LogP contribution in [0.4, 0.5) is 8.78 Å². The molecule has 0 aliphatic rings. The van der Waals surface area contributed by atoms with Gasteiger partial charge >= 0.3 is 0 Å². The highest BCUT2D eigenvalue weighted by atomic mass is 35.5. The van der Waals surface area contributed by atoms with Crippen molar-refractivity contribution < 1.29 is 18.7 Å². The van der Waals surface area contributed by atoms with Gasteiger partial charge in [0.05, 0.1) is 10.6 Å². The molecule has 0 aliphatic carbocycles. The molecule has 0 saturated heterocycles. The van der Waals surface area contributed by atoms with Gasteiger partial charge in [0.2, 0.25) is 0 Å². The van der Waals surface area contributed by atoms with E-state index in [1.165, 1.54) is 30.3 Å². The first-order valence-electron chi connectivity index (χ1n) is 6.17. The fourth-order valence-electron chi connectivity index (χ4n) is 1.86. The maximum Gasteiger partial charge on any atom is 0.252 e. The average Bonchev–Trinajstić information content (AvgIpc) is 2.40. The number of aromatic hydroxyl groups is 1. The molecule has 0 spiro atoms. The molecule has 0 radical (unpaired) electrons. The molecule has 2 aromatic rings. The van der Waals surface area contributed by atoms with Crippen LogP contribution in [0.25, 0.3) is 0 Å². The molecule has 6 heteroatoms. The van der Waals surface area contributed by atoms with Crippen LogP contribution in [-0.2, 0) is 6.42 Å². The Morgan fingerprint density at radius 3 is 2.48 bits per heavy atom. The number of amides is 1.